The van der Waals surface area contributed by atoms with Crippen molar-refractivity contribution in [2.45, 2.75) is 39.7 Å². The largest absolute Gasteiger partial charge is 0.463 e. The minimum Gasteiger partial charge on any atom is -0.463 e. The average molecular weight is 357 g/mol. The summed E-state index contributed by atoms with van der Waals surface area (Å²) in [4.78, 5) is 27.3. The number of urea groups is 1. The Morgan fingerprint density at radius 3 is 2.65 bits per heavy atom. The van der Waals surface area contributed by atoms with Crippen LogP contribution in [-0.2, 0) is 9.53 Å². The predicted octanol–water partition coefficient (Wildman–Crippen LogP) is 2.57. The van der Waals surface area contributed by atoms with Crippen LogP contribution in [0.1, 0.15) is 42.5 Å². The first-order valence-corrected chi connectivity index (χ1v) is 9.26. The van der Waals surface area contributed by atoms with Gasteiger partial charge in [-0.25, -0.2) is 9.59 Å². The van der Waals surface area contributed by atoms with Crippen molar-refractivity contribution < 1.29 is 14.3 Å². The zero-order valence-corrected chi connectivity index (χ0v) is 15.7. The molecule has 2 N–H and O–H groups in total. The van der Waals surface area contributed by atoms with Gasteiger partial charge in [-0.15, -0.1) is 0 Å². The number of hydrogen-bond acceptors (Lipinski definition) is 4. The maximum atomic E-state index is 12.8. The molecule has 0 bridgehead atoms. The first-order valence-electron chi connectivity index (χ1n) is 9.26. The first kappa shape index (κ1) is 18.5. The maximum absolute atomic E-state index is 12.8. The molecule has 2 heterocycles. The van der Waals surface area contributed by atoms with Crippen LogP contribution in [0.2, 0.25) is 0 Å². The van der Waals surface area contributed by atoms with Gasteiger partial charge in [0.25, 0.3) is 0 Å². The summed E-state index contributed by atoms with van der Waals surface area (Å²) in [6.07, 6.45) is 2.30. The smallest absolute Gasteiger partial charge is 0.338 e. The van der Waals surface area contributed by atoms with Crippen molar-refractivity contribution in [1.82, 2.24) is 15.5 Å². The summed E-state index contributed by atoms with van der Waals surface area (Å²) in [5.74, 6) is -0.376. The molecular weight excluding hydrogens is 330 g/mol. The van der Waals surface area contributed by atoms with Crippen LogP contribution in [0.5, 0.6) is 0 Å². The number of nitrogens with zero attached hydrogens (tertiary/aromatic N) is 1. The Bertz CT molecular complexity index is 736. The summed E-state index contributed by atoms with van der Waals surface area (Å²) in [6, 6.07) is 5.26. The molecule has 2 aliphatic heterocycles. The SMILES string of the molecule is CCOC(=O)C1=C(CN2CCCC2)NC(=O)N[C@@H]1c1ccc(C)cc1C. The van der Waals surface area contributed by atoms with Gasteiger partial charge in [0.05, 0.1) is 18.2 Å². The quantitative estimate of drug-likeness (QED) is 0.795. The highest BCUT2D eigenvalue weighted by Gasteiger charge is 2.35. The molecule has 1 atom stereocenters. The monoisotopic (exact) mass is 357 g/mol. The molecule has 1 aromatic rings. The maximum Gasteiger partial charge on any atom is 0.338 e. The number of benzene rings is 1. The summed E-state index contributed by atoms with van der Waals surface area (Å²) in [7, 11) is 0. The van der Waals surface area contributed by atoms with E-state index in [1.165, 1.54) is 0 Å². The fourth-order valence-corrected chi connectivity index (χ4v) is 3.74. The number of carbonyl (C=O) groups excluding carboxylic acids is 2. The van der Waals surface area contributed by atoms with Crippen LogP contribution in [0.3, 0.4) is 0 Å². The Morgan fingerprint density at radius 1 is 1.27 bits per heavy atom. The lowest BCUT2D eigenvalue weighted by Gasteiger charge is -2.31. The number of amides is 2. The summed E-state index contributed by atoms with van der Waals surface area (Å²) in [5.41, 5.74) is 4.27. The van der Waals surface area contributed by atoms with Crippen molar-refractivity contribution in [3.05, 3.63) is 46.2 Å². The van der Waals surface area contributed by atoms with E-state index in [-0.39, 0.29) is 12.0 Å². The second kappa shape index (κ2) is 7.91. The highest BCUT2D eigenvalue weighted by atomic mass is 16.5. The highest BCUT2D eigenvalue weighted by Crippen LogP contribution is 2.31. The van der Waals surface area contributed by atoms with Gasteiger partial charge in [0.15, 0.2) is 0 Å². The number of aryl methyl sites for hydroxylation is 2. The zero-order chi connectivity index (χ0) is 18.7. The molecule has 0 radical (unpaired) electrons. The number of rotatable bonds is 5. The van der Waals surface area contributed by atoms with Crippen molar-refractivity contribution in [2.24, 2.45) is 0 Å². The molecule has 1 saturated heterocycles. The van der Waals surface area contributed by atoms with Crippen molar-refractivity contribution in [3.8, 4) is 0 Å². The topological polar surface area (TPSA) is 70.7 Å². The van der Waals surface area contributed by atoms with Gasteiger partial charge in [-0.3, -0.25) is 4.90 Å². The van der Waals surface area contributed by atoms with Crippen LogP contribution in [0, 0.1) is 13.8 Å². The molecule has 0 saturated carbocycles. The first-order chi connectivity index (χ1) is 12.5. The second-order valence-corrected chi connectivity index (χ2v) is 6.99. The fraction of sp³-hybridized carbons (Fsp3) is 0.500. The van der Waals surface area contributed by atoms with Crippen LogP contribution < -0.4 is 10.6 Å². The van der Waals surface area contributed by atoms with Crippen LogP contribution in [0.15, 0.2) is 29.5 Å². The minimum atomic E-state index is -0.499. The van der Waals surface area contributed by atoms with Gasteiger partial charge in [-0.2, -0.15) is 0 Å². The Morgan fingerprint density at radius 2 is 2.00 bits per heavy atom. The molecule has 26 heavy (non-hydrogen) atoms. The number of esters is 1. The molecule has 1 aromatic carbocycles. The number of ether oxygens (including phenoxy) is 1. The second-order valence-electron chi connectivity index (χ2n) is 6.99. The lowest BCUT2D eigenvalue weighted by atomic mass is 9.91. The Hall–Kier alpha value is -2.34. The molecule has 0 aliphatic carbocycles. The molecule has 2 amide bonds. The number of carbonyl (C=O) groups is 2. The lowest BCUT2D eigenvalue weighted by Crippen LogP contribution is -2.48. The van der Waals surface area contributed by atoms with E-state index in [4.69, 9.17) is 4.74 Å². The summed E-state index contributed by atoms with van der Waals surface area (Å²) in [5, 5.41) is 5.76. The van der Waals surface area contributed by atoms with Gasteiger partial charge in [0.1, 0.15) is 0 Å². The Labute approximate surface area is 154 Å². The minimum absolute atomic E-state index is 0.280. The number of hydrogen-bond donors (Lipinski definition) is 2. The predicted molar refractivity (Wildman–Crippen MR) is 99.7 cm³/mol. The van der Waals surface area contributed by atoms with Crippen LogP contribution in [-0.4, -0.2) is 43.1 Å². The Kier molecular flexibility index (Phi) is 5.61. The van der Waals surface area contributed by atoms with E-state index in [0.29, 0.717) is 24.4 Å². The molecule has 0 aromatic heterocycles. The fourth-order valence-electron chi connectivity index (χ4n) is 3.74. The summed E-state index contributed by atoms with van der Waals surface area (Å²) < 4.78 is 5.32. The van der Waals surface area contributed by atoms with E-state index >= 15 is 0 Å². The van der Waals surface area contributed by atoms with E-state index in [2.05, 4.69) is 21.6 Å². The third kappa shape index (κ3) is 3.90. The molecule has 0 unspecified atom stereocenters. The molecule has 0 spiro atoms. The van der Waals surface area contributed by atoms with Crippen LogP contribution in [0.4, 0.5) is 4.79 Å². The average Bonchev–Trinajstić information content (AvgIpc) is 3.07. The van der Waals surface area contributed by atoms with E-state index in [9.17, 15) is 9.59 Å². The van der Waals surface area contributed by atoms with E-state index in [0.717, 1.165) is 42.6 Å². The van der Waals surface area contributed by atoms with Crippen LogP contribution in [0.25, 0.3) is 0 Å². The normalized spacial score (nSPS) is 20.7. The van der Waals surface area contributed by atoms with Crippen molar-refractivity contribution in [3.63, 3.8) is 0 Å². The molecular formula is C20H27N3O3. The molecule has 3 rings (SSSR count). The van der Waals surface area contributed by atoms with Crippen molar-refractivity contribution >= 4 is 12.0 Å². The van der Waals surface area contributed by atoms with Gasteiger partial charge in [-0.1, -0.05) is 23.8 Å². The van der Waals surface area contributed by atoms with Crippen molar-refractivity contribution in [2.75, 3.05) is 26.2 Å². The van der Waals surface area contributed by atoms with E-state index in [1.807, 2.05) is 26.0 Å². The number of nitrogens with one attached hydrogen (secondary N) is 2. The van der Waals surface area contributed by atoms with Crippen LogP contribution >= 0.6 is 0 Å². The van der Waals surface area contributed by atoms with E-state index in [1.54, 1.807) is 6.92 Å². The zero-order valence-electron chi connectivity index (χ0n) is 15.7. The van der Waals surface area contributed by atoms with E-state index < -0.39 is 6.04 Å². The molecule has 140 valence electrons. The van der Waals surface area contributed by atoms with Gasteiger partial charge >= 0.3 is 12.0 Å². The lowest BCUT2D eigenvalue weighted by molar-refractivity contribution is -0.139. The molecule has 6 heteroatoms. The van der Waals surface area contributed by atoms with Gasteiger partial charge < -0.3 is 15.4 Å². The molecule has 1 fully saturated rings. The summed E-state index contributed by atoms with van der Waals surface area (Å²) >= 11 is 0. The number of likely N-dealkylation sites (tertiary alicyclic amines) is 1. The summed E-state index contributed by atoms with van der Waals surface area (Å²) in [6.45, 7) is 8.64. The standard InChI is InChI=1S/C20H27N3O3/c1-4-26-19(24)17-16(12-23-9-5-6-10-23)21-20(25)22-18(17)15-8-7-13(2)11-14(15)3/h7-8,11,18H,4-6,9-10,12H2,1-3H3,(H2,21,22,25)/t18-/m1/s1. The third-order valence-electron chi connectivity index (χ3n) is 4.97. The van der Waals surface area contributed by atoms with Gasteiger partial charge in [0, 0.05) is 12.2 Å². The Balaban J connectivity index is 2.03. The highest BCUT2D eigenvalue weighted by molar-refractivity contribution is 5.95. The molecule has 2 aliphatic rings. The third-order valence-corrected chi connectivity index (χ3v) is 4.97. The molecule has 6 nitrogen and oxygen atoms in total. The van der Waals surface area contributed by atoms with Gasteiger partial charge in [-0.05, 0) is 57.8 Å². The van der Waals surface area contributed by atoms with Crippen molar-refractivity contribution in [1.29, 1.82) is 0 Å². The van der Waals surface area contributed by atoms with Gasteiger partial charge in [0.2, 0.25) is 0 Å².